The largest absolute Gasteiger partial charge is 0.454 e. The molecule has 0 aliphatic carbocycles. The average Bonchev–Trinajstić information content (AvgIpc) is 3.12. The van der Waals surface area contributed by atoms with E-state index in [0.29, 0.717) is 22.9 Å². The molecule has 4 rings (SSSR count). The molecule has 1 unspecified atom stereocenters. The SMILES string of the molecule is CCC1c2cc3c(cc2C(c2ccc(N)cc2)=NN1C(=O)NC)OCO3. The number of amides is 2. The molecule has 0 saturated carbocycles. The number of carbonyl (C=O) groups is 1. The fourth-order valence-corrected chi connectivity index (χ4v) is 3.35. The predicted molar refractivity (Wildman–Crippen MR) is 98.4 cm³/mol. The van der Waals surface area contributed by atoms with Crippen LogP contribution in [0.15, 0.2) is 41.5 Å². The lowest BCUT2D eigenvalue weighted by atomic mass is 9.90. The van der Waals surface area contributed by atoms with Crippen molar-refractivity contribution in [3.05, 3.63) is 53.1 Å². The van der Waals surface area contributed by atoms with Crippen LogP contribution in [0.1, 0.15) is 36.1 Å². The van der Waals surface area contributed by atoms with Gasteiger partial charge in [-0.15, -0.1) is 0 Å². The zero-order valence-corrected chi connectivity index (χ0v) is 14.7. The van der Waals surface area contributed by atoms with E-state index in [1.54, 1.807) is 7.05 Å². The first kappa shape index (κ1) is 16.3. The third kappa shape index (κ3) is 2.52. The number of nitrogens with two attached hydrogens (primary N) is 1. The highest BCUT2D eigenvalue weighted by atomic mass is 16.7. The van der Waals surface area contributed by atoms with Crippen molar-refractivity contribution in [2.45, 2.75) is 19.4 Å². The molecule has 0 aromatic heterocycles. The van der Waals surface area contributed by atoms with E-state index in [1.165, 1.54) is 5.01 Å². The van der Waals surface area contributed by atoms with Crippen LogP contribution in [0, 0.1) is 0 Å². The molecule has 2 amide bonds. The van der Waals surface area contributed by atoms with Crippen LogP contribution in [0.5, 0.6) is 11.5 Å². The molecule has 0 fully saturated rings. The Morgan fingerprint density at radius 1 is 1.27 bits per heavy atom. The van der Waals surface area contributed by atoms with Crippen LogP contribution in [-0.2, 0) is 0 Å². The van der Waals surface area contributed by atoms with Crippen LogP contribution < -0.4 is 20.5 Å². The Kier molecular flexibility index (Phi) is 3.91. The van der Waals surface area contributed by atoms with Gasteiger partial charge in [-0.05, 0) is 36.2 Å². The summed E-state index contributed by atoms with van der Waals surface area (Å²) in [4.78, 5) is 12.4. The molecule has 0 spiro atoms. The van der Waals surface area contributed by atoms with Crippen molar-refractivity contribution in [2.75, 3.05) is 19.6 Å². The molecule has 2 aliphatic heterocycles. The van der Waals surface area contributed by atoms with Crippen molar-refractivity contribution in [3.63, 3.8) is 0 Å². The van der Waals surface area contributed by atoms with Crippen LogP contribution in [-0.4, -0.2) is 30.6 Å². The number of urea groups is 1. The zero-order valence-electron chi connectivity index (χ0n) is 14.7. The van der Waals surface area contributed by atoms with Gasteiger partial charge in [-0.3, -0.25) is 0 Å². The number of ether oxygens (including phenoxy) is 2. The second-order valence-electron chi connectivity index (χ2n) is 6.19. The second-order valence-corrected chi connectivity index (χ2v) is 6.19. The van der Waals surface area contributed by atoms with Crippen LogP contribution >= 0.6 is 0 Å². The maximum atomic E-state index is 12.4. The van der Waals surface area contributed by atoms with Crippen LogP contribution in [0.2, 0.25) is 0 Å². The van der Waals surface area contributed by atoms with Crippen LogP contribution in [0.3, 0.4) is 0 Å². The van der Waals surface area contributed by atoms with Gasteiger partial charge in [0.2, 0.25) is 6.79 Å². The summed E-state index contributed by atoms with van der Waals surface area (Å²) in [6.45, 7) is 2.22. The molecule has 2 aliphatic rings. The van der Waals surface area contributed by atoms with E-state index in [1.807, 2.05) is 43.3 Å². The Hall–Kier alpha value is -3.22. The molecule has 3 N–H and O–H groups in total. The molecular weight excluding hydrogens is 332 g/mol. The number of rotatable bonds is 2. The first-order valence-corrected chi connectivity index (χ1v) is 8.51. The molecule has 0 bridgehead atoms. The van der Waals surface area contributed by atoms with E-state index >= 15 is 0 Å². The number of nitrogen functional groups attached to an aromatic ring is 1. The van der Waals surface area contributed by atoms with Crippen molar-refractivity contribution in [1.82, 2.24) is 10.3 Å². The average molecular weight is 352 g/mol. The van der Waals surface area contributed by atoms with Gasteiger partial charge in [-0.1, -0.05) is 19.1 Å². The van der Waals surface area contributed by atoms with E-state index in [4.69, 9.17) is 15.2 Å². The van der Waals surface area contributed by atoms with Crippen molar-refractivity contribution in [3.8, 4) is 11.5 Å². The number of hydrogen-bond acceptors (Lipinski definition) is 5. The third-order valence-electron chi connectivity index (χ3n) is 4.65. The molecule has 0 saturated heterocycles. The predicted octanol–water partition coefficient (Wildman–Crippen LogP) is 2.86. The number of carbonyl (C=O) groups excluding carboxylic acids is 1. The Morgan fingerprint density at radius 3 is 2.62 bits per heavy atom. The smallest absolute Gasteiger partial charge is 0.338 e. The number of hydrazone groups is 1. The number of hydrogen-bond donors (Lipinski definition) is 2. The fourth-order valence-electron chi connectivity index (χ4n) is 3.35. The minimum atomic E-state index is -0.256. The van der Waals surface area contributed by atoms with E-state index in [-0.39, 0.29) is 18.9 Å². The lowest BCUT2D eigenvalue weighted by Crippen LogP contribution is -2.40. The molecule has 2 heterocycles. The van der Waals surface area contributed by atoms with Gasteiger partial charge in [0.25, 0.3) is 0 Å². The van der Waals surface area contributed by atoms with Crippen molar-refractivity contribution >= 4 is 17.4 Å². The minimum absolute atomic E-state index is 0.183. The number of fused-ring (bicyclic) bond motifs is 2. The van der Waals surface area contributed by atoms with E-state index < -0.39 is 0 Å². The molecule has 7 nitrogen and oxygen atoms in total. The van der Waals surface area contributed by atoms with Gasteiger partial charge in [0.15, 0.2) is 11.5 Å². The van der Waals surface area contributed by atoms with Gasteiger partial charge in [0.1, 0.15) is 0 Å². The lowest BCUT2D eigenvalue weighted by Gasteiger charge is -2.33. The fraction of sp³-hybridized carbons (Fsp3) is 0.263. The summed E-state index contributed by atoms with van der Waals surface area (Å²) >= 11 is 0. The Balaban J connectivity index is 1.92. The lowest BCUT2D eigenvalue weighted by molar-refractivity contribution is 0.172. The Labute approximate surface area is 151 Å². The van der Waals surface area contributed by atoms with E-state index in [0.717, 1.165) is 23.1 Å². The highest BCUT2D eigenvalue weighted by Crippen LogP contribution is 2.42. The molecular formula is C19H20N4O3. The van der Waals surface area contributed by atoms with Gasteiger partial charge >= 0.3 is 6.03 Å². The summed E-state index contributed by atoms with van der Waals surface area (Å²) in [6, 6.07) is 10.9. The summed E-state index contributed by atoms with van der Waals surface area (Å²) < 4.78 is 11.1. The second kappa shape index (κ2) is 6.25. The van der Waals surface area contributed by atoms with E-state index in [9.17, 15) is 4.79 Å². The molecule has 2 aromatic rings. The molecule has 2 aromatic carbocycles. The first-order chi connectivity index (χ1) is 12.6. The first-order valence-electron chi connectivity index (χ1n) is 8.51. The number of nitrogens with one attached hydrogen (secondary N) is 1. The topological polar surface area (TPSA) is 89.2 Å². The number of anilines is 1. The number of nitrogens with zero attached hydrogens (tertiary/aromatic N) is 2. The molecule has 134 valence electrons. The van der Waals surface area contributed by atoms with Crippen LogP contribution in [0.4, 0.5) is 10.5 Å². The summed E-state index contributed by atoms with van der Waals surface area (Å²) in [7, 11) is 1.60. The highest BCUT2D eigenvalue weighted by Gasteiger charge is 2.34. The van der Waals surface area contributed by atoms with Crippen molar-refractivity contribution in [2.24, 2.45) is 5.10 Å². The van der Waals surface area contributed by atoms with Crippen molar-refractivity contribution in [1.29, 1.82) is 0 Å². The standard InChI is InChI=1S/C19H20N4O3/c1-3-15-13-8-16-17(26-10-25-16)9-14(13)18(22-23(15)19(24)21-2)11-4-6-12(20)7-5-11/h4-9,15H,3,10,20H2,1-2H3,(H,21,24). The van der Waals surface area contributed by atoms with Crippen LogP contribution in [0.25, 0.3) is 0 Å². The molecule has 7 heteroatoms. The zero-order chi connectivity index (χ0) is 18.3. The third-order valence-corrected chi connectivity index (χ3v) is 4.65. The van der Waals surface area contributed by atoms with Gasteiger partial charge < -0.3 is 20.5 Å². The quantitative estimate of drug-likeness (QED) is 0.814. The summed E-state index contributed by atoms with van der Waals surface area (Å²) in [6.07, 6.45) is 0.721. The molecule has 0 radical (unpaired) electrons. The summed E-state index contributed by atoms with van der Waals surface area (Å²) in [5.41, 5.74) is 9.99. The van der Waals surface area contributed by atoms with Gasteiger partial charge in [0, 0.05) is 23.9 Å². The van der Waals surface area contributed by atoms with E-state index in [2.05, 4.69) is 10.4 Å². The summed E-state index contributed by atoms with van der Waals surface area (Å²) in [5.74, 6) is 1.38. The van der Waals surface area contributed by atoms with Gasteiger partial charge in [-0.25, -0.2) is 9.80 Å². The monoisotopic (exact) mass is 352 g/mol. The van der Waals surface area contributed by atoms with Gasteiger partial charge in [0.05, 0.1) is 11.8 Å². The Morgan fingerprint density at radius 2 is 1.96 bits per heavy atom. The summed E-state index contributed by atoms with van der Waals surface area (Å²) in [5, 5.41) is 8.84. The minimum Gasteiger partial charge on any atom is -0.454 e. The normalized spacial score (nSPS) is 17.5. The molecule has 1 atom stereocenters. The maximum Gasteiger partial charge on any atom is 0.338 e. The maximum absolute atomic E-state index is 12.4. The van der Waals surface area contributed by atoms with Gasteiger partial charge in [-0.2, -0.15) is 5.10 Å². The Bertz CT molecular complexity index is 892. The number of benzene rings is 2. The van der Waals surface area contributed by atoms with Crippen molar-refractivity contribution < 1.29 is 14.3 Å². The highest BCUT2D eigenvalue weighted by molar-refractivity contribution is 6.15. The molecule has 26 heavy (non-hydrogen) atoms.